The van der Waals surface area contributed by atoms with Crippen LogP contribution in [0.25, 0.3) is 0 Å². The molecule has 0 radical (unpaired) electrons. The minimum Gasteiger partial charge on any atom is -0.509 e. The van der Waals surface area contributed by atoms with Crippen molar-refractivity contribution in [3.8, 4) is 0 Å². The van der Waals surface area contributed by atoms with Gasteiger partial charge in [-0.1, -0.05) is 71.1 Å². The van der Waals surface area contributed by atoms with E-state index >= 15 is 0 Å². The van der Waals surface area contributed by atoms with Crippen molar-refractivity contribution >= 4 is 0 Å². The molecule has 4 N–H and O–H groups in total. The molecule has 0 aliphatic carbocycles. The molecular weight excluding hydrogens is 262 g/mol. The van der Waals surface area contributed by atoms with Gasteiger partial charge in [-0.15, -0.1) is 0 Å². The average molecular weight is 299 g/mol. The molecule has 0 saturated heterocycles. The summed E-state index contributed by atoms with van der Waals surface area (Å²) in [4.78, 5) is 0. The minimum absolute atomic E-state index is 0.0667. The van der Waals surface area contributed by atoms with E-state index in [0.29, 0.717) is 12.8 Å². The van der Waals surface area contributed by atoms with E-state index in [4.69, 9.17) is 5.73 Å². The third-order valence-corrected chi connectivity index (χ3v) is 3.87. The van der Waals surface area contributed by atoms with Crippen LogP contribution in [0.3, 0.4) is 0 Å². The lowest BCUT2D eigenvalue weighted by Gasteiger charge is -2.07. The Morgan fingerprint density at radius 3 is 1.62 bits per heavy atom. The molecule has 0 spiro atoms. The number of hydrogen-bond acceptors (Lipinski definition) is 3. The van der Waals surface area contributed by atoms with Gasteiger partial charge in [-0.2, -0.15) is 0 Å². The highest BCUT2D eigenvalue weighted by molar-refractivity contribution is 4.99. The fraction of sp³-hybridized carbons (Fsp3) is 0.889. The molecule has 0 aromatic carbocycles. The number of rotatable bonds is 14. The molecule has 1 atom stereocenters. The number of nitrogens with two attached hydrogens (primary N) is 1. The third-order valence-electron chi connectivity index (χ3n) is 3.87. The first-order valence-corrected chi connectivity index (χ1v) is 8.93. The molecule has 0 aliphatic rings. The standard InChI is InChI=1S/C18H37NO2/c1-3-4-5-6-7-8-9-10-11-12-13-14-17(20)18(21)15-16(2)19/h16,20-21H,3-15,19H2,1-2H3. The van der Waals surface area contributed by atoms with Gasteiger partial charge < -0.3 is 15.9 Å². The predicted octanol–water partition coefficient (Wildman–Crippen LogP) is 5.75. The summed E-state index contributed by atoms with van der Waals surface area (Å²) in [6.07, 6.45) is 15.1. The lowest BCUT2D eigenvalue weighted by Crippen LogP contribution is -2.16. The van der Waals surface area contributed by atoms with Crippen LogP contribution >= 0.6 is 0 Å². The molecule has 3 nitrogen and oxygen atoms in total. The number of hydrogen-bond donors (Lipinski definition) is 3. The summed E-state index contributed by atoms with van der Waals surface area (Å²) in [6.45, 7) is 4.08. The Bertz CT molecular complexity index is 262. The zero-order valence-electron chi connectivity index (χ0n) is 14.2. The molecule has 0 aromatic heterocycles. The van der Waals surface area contributed by atoms with Gasteiger partial charge in [0.15, 0.2) is 0 Å². The summed E-state index contributed by atoms with van der Waals surface area (Å²) in [5.74, 6) is 0.195. The summed E-state index contributed by atoms with van der Waals surface area (Å²) in [5, 5.41) is 19.3. The predicted molar refractivity (Wildman–Crippen MR) is 91.6 cm³/mol. The molecule has 0 aliphatic heterocycles. The SMILES string of the molecule is CCCCCCCCCCCCCC(O)=C(O)CC(C)N. The van der Waals surface area contributed by atoms with E-state index in [1.165, 1.54) is 57.8 Å². The van der Waals surface area contributed by atoms with Gasteiger partial charge in [0, 0.05) is 18.9 Å². The Labute approximate surface area is 131 Å². The molecule has 0 amide bonds. The Kier molecular flexibility index (Phi) is 13.8. The van der Waals surface area contributed by atoms with Crippen molar-refractivity contribution in [3.63, 3.8) is 0 Å². The van der Waals surface area contributed by atoms with Crippen LogP contribution in [0.5, 0.6) is 0 Å². The molecule has 126 valence electrons. The Morgan fingerprint density at radius 1 is 0.762 bits per heavy atom. The maximum Gasteiger partial charge on any atom is 0.131 e. The van der Waals surface area contributed by atoms with E-state index in [9.17, 15) is 10.2 Å². The van der Waals surface area contributed by atoms with E-state index in [-0.39, 0.29) is 17.6 Å². The van der Waals surface area contributed by atoms with Crippen molar-refractivity contribution in [1.82, 2.24) is 0 Å². The zero-order chi connectivity index (χ0) is 15.9. The quantitative estimate of drug-likeness (QED) is 0.282. The summed E-state index contributed by atoms with van der Waals surface area (Å²) in [5.41, 5.74) is 5.59. The maximum absolute atomic E-state index is 9.68. The Hall–Kier alpha value is -0.700. The highest BCUT2D eigenvalue weighted by atomic mass is 16.3. The molecule has 0 bridgehead atoms. The molecule has 21 heavy (non-hydrogen) atoms. The van der Waals surface area contributed by atoms with Crippen molar-refractivity contribution in [3.05, 3.63) is 11.5 Å². The normalized spacial score (nSPS) is 14.0. The van der Waals surface area contributed by atoms with Crippen LogP contribution in [0.4, 0.5) is 0 Å². The van der Waals surface area contributed by atoms with Gasteiger partial charge in [-0.05, 0) is 13.3 Å². The van der Waals surface area contributed by atoms with Crippen LogP contribution in [-0.2, 0) is 0 Å². The average Bonchev–Trinajstić information content (AvgIpc) is 2.43. The second-order valence-electron chi connectivity index (χ2n) is 6.36. The van der Waals surface area contributed by atoms with Crippen LogP contribution in [0.2, 0.25) is 0 Å². The fourth-order valence-corrected chi connectivity index (χ4v) is 2.52. The highest BCUT2D eigenvalue weighted by Gasteiger charge is 2.06. The number of aliphatic hydroxyl groups is 2. The Morgan fingerprint density at radius 2 is 1.19 bits per heavy atom. The van der Waals surface area contributed by atoms with Crippen LogP contribution in [0.15, 0.2) is 11.5 Å². The summed E-state index contributed by atoms with van der Waals surface area (Å²) in [7, 11) is 0. The largest absolute Gasteiger partial charge is 0.509 e. The van der Waals surface area contributed by atoms with Gasteiger partial charge in [0.25, 0.3) is 0 Å². The highest BCUT2D eigenvalue weighted by Crippen LogP contribution is 2.15. The van der Waals surface area contributed by atoms with E-state index in [1.54, 1.807) is 0 Å². The molecule has 0 rings (SSSR count). The molecule has 0 aromatic rings. The van der Waals surface area contributed by atoms with Crippen molar-refractivity contribution in [2.24, 2.45) is 5.73 Å². The van der Waals surface area contributed by atoms with Gasteiger partial charge >= 0.3 is 0 Å². The topological polar surface area (TPSA) is 66.5 Å². The molecule has 0 heterocycles. The lowest BCUT2D eigenvalue weighted by molar-refractivity contribution is 0.291. The van der Waals surface area contributed by atoms with Crippen LogP contribution in [-0.4, -0.2) is 16.3 Å². The first-order valence-electron chi connectivity index (χ1n) is 8.93. The van der Waals surface area contributed by atoms with E-state index in [0.717, 1.165) is 12.8 Å². The summed E-state index contributed by atoms with van der Waals surface area (Å²) in [6, 6.07) is -0.107. The fourth-order valence-electron chi connectivity index (χ4n) is 2.52. The summed E-state index contributed by atoms with van der Waals surface area (Å²) >= 11 is 0. The summed E-state index contributed by atoms with van der Waals surface area (Å²) < 4.78 is 0. The number of aliphatic hydroxyl groups excluding tert-OH is 2. The van der Waals surface area contributed by atoms with Crippen molar-refractivity contribution in [2.45, 2.75) is 103 Å². The monoisotopic (exact) mass is 299 g/mol. The molecule has 0 fully saturated rings. The van der Waals surface area contributed by atoms with Crippen molar-refractivity contribution < 1.29 is 10.2 Å². The zero-order valence-corrected chi connectivity index (χ0v) is 14.2. The van der Waals surface area contributed by atoms with Crippen LogP contribution < -0.4 is 5.73 Å². The second kappa shape index (κ2) is 14.2. The number of allylic oxidation sites excluding steroid dienone is 1. The van der Waals surface area contributed by atoms with Gasteiger partial charge in [0.1, 0.15) is 11.5 Å². The van der Waals surface area contributed by atoms with Gasteiger partial charge in [-0.25, -0.2) is 0 Å². The first-order chi connectivity index (χ1) is 10.1. The minimum atomic E-state index is -0.107. The smallest absolute Gasteiger partial charge is 0.131 e. The maximum atomic E-state index is 9.68. The van der Waals surface area contributed by atoms with E-state index in [2.05, 4.69) is 6.92 Å². The van der Waals surface area contributed by atoms with E-state index < -0.39 is 0 Å². The van der Waals surface area contributed by atoms with Gasteiger partial charge in [-0.3, -0.25) is 0 Å². The van der Waals surface area contributed by atoms with Gasteiger partial charge in [0.05, 0.1) is 0 Å². The molecule has 3 heteroatoms. The molecule has 1 unspecified atom stereocenters. The first kappa shape index (κ1) is 20.3. The Balaban J connectivity index is 3.36. The van der Waals surface area contributed by atoms with E-state index in [1.807, 2.05) is 6.92 Å². The molecular formula is C18H37NO2. The third kappa shape index (κ3) is 14.0. The molecule has 0 saturated carbocycles. The van der Waals surface area contributed by atoms with Gasteiger partial charge in [0.2, 0.25) is 0 Å². The van der Waals surface area contributed by atoms with Crippen LogP contribution in [0, 0.1) is 0 Å². The van der Waals surface area contributed by atoms with Crippen molar-refractivity contribution in [2.75, 3.05) is 0 Å². The van der Waals surface area contributed by atoms with Crippen LogP contribution in [0.1, 0.15) is 97.3 Å². The second-order valence-corrected chi connectivity index (χ2v) is 6.36. The lowest BCUT2D eigenvalue weighted by atomic mass is 10.0. The number of unbranched alkanes of at least 4 members (excludes halogenated alkanes) is 10. The van der Waals surface area contributed by atoms with Crippen molar-refractivity contribution in [1.29, 1.82) is 0 Å².